The number of carbonyl (C=O) groups is 1. The quantitative estimate of drug-likeness (QED) is 0.751. The van der Waals surface area contributed by atoms with Gasteiger partial charge in [-0.3, -0.25) is 4.79 Å². The SMILES string of the molecule is CC(NS(=O)(=O)C(C)C#N)C(=O)NC(C)(C)C. The van der Waals surface area contributed by atoms with Crippen LogP contribution in [0.15, 0.2) is 0 Å². The van der Waals surface area contributed by atoms with Crippen LogP contribution in [-0.4, -0.2) is 31.2 Å². The Kier molecular flexibility index (Phi) is 5.11. The van der Waals surface area contributed by atoms with Crippen molar-refractivity contribution in [3.8, 4) is 6.07 Å². The van der Waals surface area contributed by atoms with Gasteiger partial charge in [0.15, 0.2) is 5.25 Å². The molecular weight excluding hydrogens is 242 g/mol. The van der Waals surface area contributed by atoms with Gasteiger partial charge in [-0.2, -0.15) is 5.26 Å². The van der Waals surface area contributed by atoms with Gasteiger partial charge in [-0.25, -0.2) is 13.1 Å². The maximum atomic E-state index is 11.6. The fraction of sp³-hybridized carbons (Fsp3) is 0.800. The molecule has 0 spiro atoms. The third kappa shape index (κ3) is 5.65. The molecule has 7 heteroatoms. The summed E-state index contributed by atoms with van der Waals surface area (Å²) in [6.07, 6.45) is 0. The number of hydrogen-bond acceptors (Lipinski definition) is 4. The summed E-state index contributed by atoms with van der Waals surface area (Å²) in [5.41, 5.74) is -0.433. The van der Waals surface area contributed by atoms with Crippen molar-refractivity contribution >= 4 is 15.9 Å². The normalized spacial score (nSPS) is 15.8. The summed E-state index contributed by atoms with van der Waals surface area (Å²) < 4.78 is 25.2. The van der Waals surface area contributed by atoms with E-state index in [1.54, 1.807) is 26.8 Å². The second kappa shape index (κ2) is 5.47. The summed E-state index contributed by atoms with van der Waals surface area (Å²) in [5.74, 6) is -0.425. The first-order chi connectivity index (χ1) is 7.49. The average Bonchev–Trinajstić information content (AvgIpc) is 2.12. The molecule has 0 fully saturated rings. The molecule has 0 radical (unpaired) electrons. The lowest BCUT2D eigenvalue weighted by Crippen LogP contribution is -2.51. The van der Waals surface area contributed by atoms with Crippen LogP contribution in [0.4, 0.5) is 0 Å². The molecule has 0 aliphatic heterocycles. The van der Waals surface area contributed by atoms with Gasteiger partial charge in [0.2, 0.25) is 15.9 Å². The fourth-order valence-corrected chi connectivity index (χ4v) is 1.89. The minimum Gasteiger partial charge on any atom is -0.350 e. The molecule has 2 N–H and O–H groups in total. The lowest BCUT2D eigenvalue weighted by Gasteiger charge is -2.23. The number of sulfonamides is 1. The van der Waals surface area contributed by atoms with Gasteiger partial charge in [0, 0.05) is 5.54 Å². The standard InChI is InChI=1S/C10H19N3O3S/c1-7(6-11)17(15,16)13-8(2)9(14)12-10(3,4)5/h7-8,13H,1-5H3,(H,12,14). The highest BCUT2D eigenvalue weighted by Gasteiger charge is 2.27. The van der Waals surface area contributed by atoms with E-state index >= 15 is 0 Å². The van der Waals surface area contributed by atoms with Crippen LogP contribution < -0.4 is 10.0 Å². The second-order valence-corrected chi connectivity index (χ2v) is 6.93. The maximum absolute atomic E-state index is 11.6. The highest BCUT2D eigenvalue weighted by atomic mass is 32.2. The van der Waals surface area contributed by atoms with E-state index in [0.717, 1.165) is 0 Å². The minimum atomic E-state index is -3.78. The van der Waals surface area contributed by atoms with Crippen molar-refractivity contribution < 1.29 is 13.2 Å². The van der Waals surface area contributed by atoms with E-state index in [2.05, 4.69) is 10.0 Å². The Morgan fingerprint density at radius 3 is 2.12 bits per heavy atom. The molecule has 0 aromatic carbocycles. The monoisotopic (exact) mass is 261 g/mol. The summed E-state index contributed by atoms with van der Waals surface area (Å²) in [4.78, 5) is 11.6. The summed E-state index contributed by atoms with van der Waals surface area (Å²) in [5, 5.41) is 10.0. The summed E-state index contributed by atoms with van der Waals surface area (Å²) in [6, 6.07) is 0.708. The van der Waals surface area contributed by atoms with Crippen molar-refractivity contribution in [2.75, 3.05) is 0 Å². The number of nitrogens with zero attached hydrogens (tertiary/aromatic N) is 1. The van der Waals surface area contributed by atoms with E-state index in [0.29, 0.717) is 0 Å². The van der Waals surface area contributed by atoms with Crippen LogP contribution in [0.2, 0.25) is 0 Å². The third-order valence-electron chi connectivity index (χ3n) is 1.88. The molecule has 0 heterocycles. The zero-order valence-electron chi connectivity index (χ0n) is 10.7. The Bertz CT molecular complexity index is 417. The molecule has 2 unspecified atom stereocenters. The van der Waals surface area contributed by atoms with Crippen molar-refractivity contribution in [3.05, 3.63) is 0 Å². The predicted molar refractivity (Wildman–Crippen MR) is 64.5 cm³/mol. The highest BCUT2D eigenvalue weighted by molar-refractivity contribution is 7.90. The van der Waals surface area contributed by atoms with Gasteiger partial charge < -0.3 is 5.32 Å². The van der Waals surface area contributed by atoms with Crippen molar-refractivity contribution in [3.63, 3.8) is 0 Å². The number of nitrogens with one attached hydrogen (secondary N) is 2. The molecule has 2 atom stereocenters. The van der Waals surface area contributed by atoms with Gasteiger partial charge in [0.25, 0.3) is 0 Å². The minimum absolute atomic E-state index is 0.425. The third-order valence-corrected chi connectivity index (χ3v) is 3.60. The van der Waals surface area contributed by atoms with Crippen LogP contribution in [0.5, 0.6) is 0 Å². The molecule has 0 bridgehead atoms. The number of hydrogen-bond donors (Lipinski definition) is 2. The lowest BCUT2D eigenvalue weighted by molar-refractivity contribution is -0.123. The number of amides is 1. The van der Waals surface area contributed by atoms with E-state index in [-0.39, 0.29) is 0 Å². The molecule has 0 aliphatic rings. The molecule has 0 aliphatic carbocycles. The van der Waals surface area contributed by atoms with Gasteiger partial charge in [-0.1, -0.05) is 0 Å². The fourth-order valence-electron chi connectivity index (χ4n) is 0.949. The van der Waals surface area contributed by atoms with Gasteiger partial charge >= 0.3 is 0 Å². The molecule has 0 saturated carbocycles. The van der Waals surface area contributed by atoms with Crippen LogP contribution in [0, 0.1) is 11.3 Å². The first kappa shape index (κ1) is 15.9. The van der Waals surface area contributed by atoms with Gasteiger partial charge in [0.05, 0.1) is 12.1 Å². The maximum Gasteiger partial charge on any atom is 0.238 e. The largest absolute Gasteiger partial charge is 0.350 e. The van der Waals surface area contributed by atoms with Crippen molar-refractivity contribution in [1.29, 1.82) is 5.26 Å². The van der Waals surface area contributed by atoms with Crippen LogP contribution in [0.3, 0.4) is 0 Å². The highest BCUT2D eigenvalue weighted by Crippen LogP contribution is 2.02. The van der Waals surface area contributed by atoms with E-state index < -0.39 is 32.8 Å². The molecule has 6 nitrogen and oxygen atoms in total. The van der Waals surface area contributed by atoms with E-state index in [4.69, 9.17) is 5.26 Å². The van der Waals surface area contributed by atoms with Gasteiger partial charge in [-0.15, -0.1) is 0 Å². The number of rotatable bonds is 4. The topological polar surface area (TPSA) is 99.1 Å². The first-order valence-electron chi connectivity index (χ1n) is 5.22. The van der Waals surface area contributed by atoms with Crippen molar-refractivity contribution in [2.45, 2.75) is 51.4 Å². The summed E-state index contributed by atoms with van der Waals surface area (Å²) in [6.45, 7) is 8.08. The second-order valence-electron chi connectivity index (χ2n) is 4.90. The van der Waals surface area contributed by atoms with Gasteiger partial charge in [0.1, 0.15) is 0 Å². The summed E-state index contributed by atoms with van der Waals surface area (Å²) >= 11 is 0. The first-order valence-corrected chi connectivity index (χ1v) is 6.77. The van der Waals surface area contributed by atoms with Crippen LogP contribution in [-0.2, 0) is 14.8 Å². The Hall–Kier alpha value is -1.13. The molecule has 0 aromatic heterocycles. The molecule has 98 valence electrons. The smallest absolute Gasteiger partial charge is 0.238 e. The zero-order valence-corrected chi connectivity index (χ0v) is 11.6. The summed E-state index contributed by atoms with van der Waals surface area (Å²) in [7, 11) is -3.78. The molecule has 0 rings (SSSR count). The van der Waals surface area contributed by atoms with Gasteiger partial charge in [-0.05, 0) is 34.6 Å². The average molecular weight is 261 g/mol. The number of carbonyl (C=O) groups excluding carboxylic acids is 1. The van der Waals surface area contributed by atoms with Crippen LogP contribution in [0.1, 0.15) is 34.6 Å². The zero-order chi connectivity index (χ0) is 13.9. The van der Waals surface area contributed by atoms with Crippen molar-refractivity contribution in [1.82, 2.24) is 10.0 Å². The molecule has 17 heavy (non-hydrogen) atoms. The molecule has 0 saturated heterocycles. The number of nitriles is 1. The Morgan fingerprint density at radius 1 is 1.29 bits per heavy atom. The lowest BCUT2D eigenvalue weighted by atomic mass is 10.1. The Morgan fingerprint density at radius 2 is 1.76 bits per heavy atom. The van der Waals surface area contributed by atoms with Crippen LogP contribution >= 0.6 is 0 Å². The molecule has 1 amide bonds. The Balaban J connectivity index is 4.63. The predicted octanol–water partition coefficient (Wildman–Crippen LogP) is 0.121. The van der Waals surface area contributed by atoms with Crippen molar-refractivity contribution in [2.24, 2.45) is 0 Å². The van der Waals surface area contributed by atoms with Crippen LogP contribution in [0.25, 0.3) is 0 Å². The van der Waals surface area contributed by atoms with E-state index in [1.807, 2.05) is 0 Å². The molecular formula is C10H19N3O3S. The van der Waals surface area contributed by atoms with E-state index in [9.17, 15) is 13.2 Å². The van der Waals surface area contributed by atoms with E-state index in [1.165, 1.54) is 13.8 Å². The molecule has 0 aromatic rings. The Labute approximate surface area is 102 Å².